The zero-order chi connectivity index (χ0) is 11.3. The minimum absolute atomic E-state index is 0.0682. The van der Waals surface area contributed by atoms with Crippen molar-refractivity contribution in [3.05, 3.63) is 0 Å². The zero-order valence-electron chi connectivity index (χ0n) is 8.99. The summed E-state index contributed by atoms with van der Waals surface area (Å²) in [6, 6.07) is 0. The molecule has 6 heteroatoms. The molecule has 1 heterocycles. The monoisotopic (exact) mass is 255 g/mol. The molecule has 1 aliphatic heterocycles. The molecule has 1 rings (SSSR count). The molecular weight excluding hydrogens is 238 g/mol. The summed E-state index contributed by atoms with van der Waals surface area (Å²) in [5.41, 5.74) is 0. The van der Waals surface area contributed by atoms with Crippen LogP contribution in [0, 0.1) is 0 Å². The molecule has 0 aliphatic carbocycles. The van der Waals surface area contributed by atoms with Gasteiger partial charge in [0.1, 0.15) is 0 Å². The molecule has 15 heavy (non-hydrogen) atoms. The van der Waals surface area contributed by atoms with Gasteiger partial charge in [-0.15, -0.1) is 0 Å². The van der Waals surface area contributed by atoms with E-state index in [1.165, 1.54) is 0 Å². The van der Waals surface area contributed by atoms with Crippen LogP contribution in [0.5, 0.6) is 0 Å². The molecular formula is C9H18ClNO3S. The molecule has 1 aliphatic rings. The summed E-state index contributed by atoms with van der Waals surface area (Å²) in [5.74, 6) is 0.0682. The quantitative estimate of drug-likeness (QED) is 0.689. The van der Waals surface area contributed by atoms with Gasteiger partial charge in [-0.2, -0.15) is 0 Å². The van der Waals surface area contributed by atoms with Crippen LogP contribution in [0.25, 0.3) is 0 Å². The second-order valence-electron chi connectivity index (χ2n) is 3.87. The van der Waals surface area contributed by atoms with E-state index in [-0.39, 0.29) is 5.75 Å². The fourth-order valence-electron chi connectivity index (χ4n) is 1.83. The molecule has 1 saturated heterocycles. The van der Waals surface area contributed by atoms with Crippen molar-refractivity contribution in [1.29, 1.82) is 0 Å². The van der Waals surface area contributed by atoms with Crippen LogP contribution < -0.4 is 0 Å². The van der Waals surface area contributed by atoms with Crippen molar-refractivity contribution >= 4 is 19.7 Å². The molecule has 90 valence electrons. The van der Waals surface area contributed by atoms with Crippen molar-refractivity contribution in [3.8, 4) is 0 Å². The normalized spacial score (nSPS) is 20.7. The SMILES string of the molecule is COC1CCN(CCCS(=O)(=O)Cl)CC1. The average molecular weight is 256 g/mol. The number of methoxy groups -OCH3 is 1. The fourth-order valence-corrected chi connectivity index (χ4v) is 2.63. The summed E-state index contributed by atoms with van der Waals surface area (Å²) >= 11 is 0. The largest absolute Gasteiger partial charge is 0.381 e. The van der Waals surface area contributed by atoms with Gasteiger partial charge in [-0.1, -0.05) is 0 Å². The van der Waals surface area contributed by atoms with Crippen LogP contribution in [0.1, 0.15) is 19.3 Å². The van der Waals surface area contributed by atoms with Crippen LogP contribution in [0.3, 0.4) is 0 Å². The van der Waals surface area contributed by atoms with Crippen LogP contribution in [-0.2, 0) is 13.8 Å². The lowest BCUT2D eigenvalue weighted by molar-refractivity contribution is 0.0413. The summed E-state index contributed by atoms with van der Waals surface area (Å²) < 4.78 is 26.7. The molecule has 0 N–H and O–H groups in total. The van der Waals surface area contributed by atoms with Crippen molar-refractivity contribution in [1.82, 2.24) is 4.90 Å². The van der Waals surface area contributed by atoms with Gasteiger partial charge in [0.2, 0.25) is 9.05 Å². The molecule has 0 aromatic heterocycles. The topological polar surface area (TPSA) is 46.6 Å². The summed E-state index contributed by atoms with van der Waals surface area (Å²) in [5, 5.41) is 0. The van der Waals surface area contributed by atoms with Crippen molar-refractivity contribution in [2.75, 3.05) is 32.5 Å². The lowest BCUT2D eigenvalue weighted by Gasteiger charge is -2.30. The van der Waals surface area contributed by atoms with Gasteiger partial charge in [-0.25, -0.2) is 8.42 Å². The Morgan fingerprint density at radius 1 is 1.40 bits per heavy atom. The predicted molar refractivity (Wildman–Crippen MR) is 60.7 cm³/mol. The maximum absolute atomic E-state index is 10.7. The van der Waals surface area contributed by atoms with E-state index in [9.17, 15) is 8.42 Å². The van der Waals surface area contributed by atoms with Gasteiger partial charge in [0, 0.05) is 30.9 Å². The highest BCUT2D eigenvalue weighted by atomic mass is 35.7. The van der Waals surface area contributed by atoms with Crippen molar-refractivity contribution in [3.63, 3.8) is 0 Å². The van der Waals surface area contributed by atoms with E-state index in [1.807, 2.05) is 0 Å². The number of nitrogens with zero attached hydrogens (tertiary/aromatic N) is 1. The number of halogens is 1. The maximum Gasteiger partial charge on any atom is 0.232 e. The highest BCUT2D eigenvalue weighted by molar-refractivity contribution is 8.13. The molecule has 0 saturated carbocycles. The molecule has 0 aromatic carbocycles. The van der Waals surface area contributed by atoms with Gasteiger partial charge in [-0.3, -0.25) is 0 Å². The van der Waals surface area contributed by atoms with E-state index in [4.69, 9.17) is 15.4 Å². The van der Waals surface area contributed by atoms with Gasteiger partial charge in [0.25, 0.3) is 0 Å². The Bertz CT molecular complexity index is 273. The molecule has 0 unspecified atom stereocenters. The Balaban J connectivity index is 2.14. The van der Waals surface area contributed by atoms with Crippen LogP contribution >= 0.6 is 10.7 Å². The van der Waals surface area contributed by atoms with Crippen LogP contribution in [0.2, 0.25) is 0 Å². The predicted octanol–water partition coefficient (Wildman–Crippen LogP) is 1.06. The molecule has 0 atom stereocenters. The number of ether oxygens (including phenoxy) is 1. The second kappa shape index (κ2) is 6.03. The third kappa shape index (κ3) is 5.70. The van der Waals surface area contributed by atoms with Gasteiger partial charge in [0.15, 0.2) is 0 Å². The maximum atomic E-state index is 10.7. The van der Waals surface area contributed by atoms with Crippen molar-refractivity contribution in [2.24, 2.45) is 0 Å². The first-order valence-electron chi connectivity index (χ1n) is 5.19. The van der Waals surface area contributed by atoms with E-state index in [0.29, 0.717) is 12.5 Å². The summed E-state index contributed by atoms with van der Waals surface area (Å²) in [6.45, 7) is 2.78. The lowest BCUT2D eigenvalue weighted by Crippen LogP contribution is -2.37. The number of hydrogen-bond donors (Lipinski definition) is 0. The first-order chi connectivity index (χ1) is 7.01. The van der Waals surface area contributed by atoms with E-state index < -0.39 is 9.05 Å². The van der Waals surface area contributed by atoms with Gasteiger partial charge >= 0.3 is 0 Å². The fraction of sp³-hybridized carbons (Fsp3) is 1.00. The number of likely N-dealkylation sites (tertiary alicyclic amines) is 1. The summed E-state index contributed by atoms with van der Waals surface area (Å²) in [4.78, 5) is 2.26. The zero-order valence-corrected chi connectivity index (χ0v) is 10.6. The minimum Gasteiger partial charge on any atom is -0.381 e. The van der Waals surface area contributed by atoms with E-state index >= 15 is 0 Å². The van der Waals surface area contributed by atoms with Gasteiger partial charge < -0.3 is 9.64 Å². The first-order valence-corrected chi connectivity index (χ1v) is 7.66. The van der Waals surface area contributed by atoms with Crippen LogP contribution in [0.4, 0.5) is 0 Å². The first kappa shape index (κ1) is 13.2. The highest BCUT2D eigenvalue weighted by Crippen LogP contribution is 2.13. The van der Waals surface area contributed by atoms with E-state index in [1.54, 1.807) is 7.11 Å². The number of hydrogen-bond acceptors (Lipinski definition) is 4. The molecule has 0 aromatic rings. The minimum atomic E-state index is -3.32. The van der Waals surface area contributed by atoms with Crippen LogP contribution in [0.15, 0.2) is 0 Å². The third-order valence-electron chi connectivity index (χ3n) is 2.73. The summed E-state index contributed by atoms with van der Waals surface area (Å²) in [7, 11) is 3.55. The van der Waals surface area contributed by atoms with Crippen molar-refractivity contribution < 1.29 is 13.2 Å². The Labute approximate surface area is 96.0 Å². The lowest BCUT2D eigenvalue weighted by atomic mass is 10.1. The van der Waals surface area contributed by atoms with Crippen LogP contribution in [-0.4, -0.2) is 51.9 Å². The summed E-state index contributed by atoms with van der Waals surface area (Å²) in [6.07, 6.45) is 3.05. The molecule has 1 fully saturated rings. The molecule has 0 radical (unpaired) electrons. The smallest absolute Gasteiger partial charge is 0.232 e. The van der Waals surface area contributed by atoms with Crippen molar-refractivity contribution in [2.45, 2.75) is 25.4 Å². The number of rotatable bonds is 5. The standard InChI is InChI=1S/C9H18ClNO3S/c1-14-9-3-6-11(7-4-9)5-2-8-15(10,12)13/h9H,2-8H2,1H3. The Morgan fingerprint density at radius 3 is 2.47 bits per heavy atom. The van der Waals surface area contributed by atoms with E-state index in [0.717, 1.165) is 32.5 Å². The third-order valence-corrected chi connectivity index (χ3v) is 3.97. The second-order valence-corrected chi connectivity index (χ2v) is 6.77. The van der Waals surface area contributed by atoms with Gasteiger partial charge in [-0.05, 0) is 25.8 Å². The Hall–Kier alpha value is 0.160. The van der Waals surface area contributed by atoms with E-state index in [2.05, 4.69) is 4.90 Å². The number of piperidine rings is 1. The molecule has 0 spiro atoms. The molecule has 4 nitrogen and oxygen atoms in total. The Morgan fingerprint density at radius 2 is 2.00 bits per heavy atom. The van der Waals surface area contributed by atoms with Gasteiger partial charge in [0.05, 0.1) is 11.9 Å². The Kier molecular flexibility index (Phi) is 5.32. The molecule has 0 bridgehead atoms. The average Bonchev–Trinajstić information content (AvgIpc) is 2.17. The highest BCUT2D eigenvalue weighted by Gasteiger charge is 2.18. The molecule has 0 amide bonds.